The third-order valence-corrected chi connectivity index (χ3v) is 9.50. The maximum absolute atomic E-state index is 11.9. The van der Waals surface area contributed by atoms with Crippen molar-refractivity contribution in [2.24, 2.45) is 0 Å². The first-order valence-electron chi connectivity index (χ1n) is 16.2. The van der Waals surface area contributed by atoms with Crippen LogP contribution in [0, 0.1) is 6.92 Å². The van der Waals surface area contributed by atoms with Crippen LogP contribution in [0.1, 0.15) is 42.3 Å². The number of rotatable bonds is 10. The molecule has 0 spiro atoms. The fourth-order valence-electron chi connectivity index (χ4n) is 7.25. The topological polar surface area (TPSA) is 94.9 Å². The molecule has 5 aromatic carbocycles. The summed E-state index contributed by atoms with van der Waals surface area (Å²) in [5.74, 6) is -1.20. The zero-order valence-corrected chi connectivity index (χ0v) is 27.0. The molecular weight excluding hydrogens is 600 g/mol. The van der Waals surface area contributed by atoms with E-state index in [0.717, 1.165) is 38.4 Å². The summed E-state index contributed by atoms with van der Waals surface area (Å²) >= 11 is 0. The number of hydrogen-bond donors (Lipinski definition) is 2. The molecule has 0 amide bonds. The van der Waals surface area contributed by atoms with Gasteiger partial charge in [-0.05, 0) is 65.8 Å². The minimum Gasteiger partial charge on any atom is -0.481 e. The van der Waals surface area contributed by atoms with Gasteiger partial charge >= 0.3 is 17.8 Å². The van der Waals surface area contributed by atoms with Crippen LogP contribution in [0.5, 0.6) is 0 Å². The number of nitrogens with zero attached hydrogens (tertiary/aromatic N) is 2. The number of carboxylic acids is 2. The van der Waals surface area contributed by atoms with Crippen LogP contribution < -0.4 is 9.47 Å². The molecule has 0 fully saturated rings. The Hall–Kier alpha value is -5.69. The number of benzene rings is 5. The minimum atomic E-state index is -0.883. The normalized spacial score (nSPS) is 16.9. The monoisotopic (exact) mass is 637 g/mol. The zero-order valence-electron chi connectivity index (χ0n) is 27.0. The average Bonchev–Trinajstić information content (AvgIpc) is 3.55. The van der Waals surface area contributed by atoms with E-state index < -0.39 is 17.4 Å². The number of anilines is 1. The molecule has 1 unspecified atom stereocenters. The first-order valence-corrected chi connectivity index (χ1v) is 16.2. The quantitative estimate of drug-likeness (QED) is 0.147. The molecule has 2 heterocycles. The van der Waals surface area contributed by atoms with Crippen LogP contribution in [-0.4, -0.2) is 28.7 Å². The van der Waals surface area contributed by atoms with Crippen LogP contribution in [-0.2, 0) is 28.0 Å². The van der Waals surface area contributed by atoms with Crippen LogP contribution in [0.3, 0.4) is 0 Å². The van der Waals surface area contributed by atoms with Gasteiger partial charge in [-0.3, -0.25) is 9.59 Å². The SMILES string of the molecule is Cc1ccc(CC2(C)/C(=C/C=C/c3oc4c5ccccc5ccc4[n+]3CCC(=O)O)N(CCC(=O)O)c3ccc4ccccc4c32)cc1. The molecule has 7 rings (SSSR count). The van der Waals surface area contributed by atoms with Crippen molar-refractivity contribution >= 4 is 56.3 Å². The van der Waals surface area contributed by atoms with Crippen molar-refractivity contribution in [2.75, 3.05) is 11.4 Å². The largest absolute Gasteiger partial charge is 0.481 e. The number of carboxylic acid groups (broad SMARTS) is 2. The van der Waals surface area contributed by atoms with E-state index in [2.05, 4.69) is 79.4 Å². The van der Waals surface area contributed by atoms with Gasteiger partial charge in [0.1, 0.15) is 6.42 Å². The molecule has 1 atom stereocenters. The third-order valence-electron chi connectivity index (χ3n) is 9.50. The van der Waals surface area contributed by atoms with Crippen LogP contribution in [0.4, 0.5) is 5.69 Å². The third kappa shape index (κ3) is 5.62. The van der Waals surface area contributed by atoms with Crippen LogP contribution in [0.15, 0.2) is 119 Å². The van der Waals surface area contributed by atoms with E-state index in [-0.39, 0.29) is 19.4 Å². The van der Waals surface area contributed by atoms with E-state index >= 15 is 0 Å². The molecule has 0 saturated heterocycles. The molecule has 1 aromatic heterocycles. The molecule has 6 aromatic rings. The van der Waals surface area contributed by atoms with E-state index in [1.54, 1.807) is 0 Å². The molecule has 1 aliphatic heterocycles. The second-order valence-corrected chi connectivity index (χ2v) is 12.8. The predicted octanol–water partition coefficient (Wildman–Crippen LogP) is 8.20. The Kier molecular flexibility index (Phi) is 8.05. The first kappa shape index (κ1) is 30.9. The van der Waals surface area contributed by atoms with Crippen LogP contribution in [0.2, 0.25) is 0 Å². The Balaban J connectivity index is 1.39. The van der Waals surface area contributed by atoms with Crippen molar-refractivity contribution in [3.05, 3.63) is 137 Å². The summed E-state index contributed by atoms with van der Waals surface area (Å²) < 4.78 is 8.37. The molecule has 240 valence electrons. The molecule has 0 radical (unpaired) electrons. The highest BCUT2D eigenvalue weighted by atomic mass is 16.4. The van der Waals surface area contributed by atoms with Crippen molar-refractivity contribution in [2.45, 2.75) is 45.1 Å². The van der Waals surface area contributed by atoms with Gasteiger partial charge in [-0.1, -0.05) is 90.5 Å². The number of aromatic nitrogens is 1. The summed E-state index contributed by atoms with van der Waals surface area (Å²) in [6.45, 7) is 4.90. The van der Waals surface area contributed by atoms with Gasteiger partial charge in [0.25, 0.3) is 5.52 Å². The number of carbonyl (C=O) groups is 2. The number of oxazole rings is 1. The summed E-state index contributed by atoms with van der Waals surface area (Å²) in [6, 6.07) is 33.2. The molecule has 0 aliphatic carbocycles. The van der Waals surface area contributed by atoms with Gasteiger partial charge in [-0.2, -0.15) is 4.57 Å². The van der Waals surface area contributed by atoms with E-state index in [4.69, 9.17) is 4.42 Å². The van der Waals surface area contributed by atoms with Crippen molar-refractivity contribution in [3.63, 3.8) is 0 Å². The van der Waals surface area contributed by atoms with Crippen LogP contribution in [0.25, 0.3) is 38.7 Å². The highest BCUT2D eigenvalue weighted by Gasteiger charge is 2.44. The molecule has 0 bridgehead atoms. The van der Waals surface area contributed by atoms with E-state index in [0.29, 0.717) is 24.4 Å². The molecule has 48 heavy (non-hydrogen) atoms. The van der Waals surface area contributed by atoms with Crippen molar-refractivity contribution in [1.29, 1.82) is 0 Å². The maximum Gasteiger partial charge on any atom is 0.374 e. The standard InChI is InChI=1S/C41H36N2O5/c1-27-14-16-28(17-15-27)26-41(2)35(42(24-22-37(44)45)33-20-18-29-8-3-5-10-31(29)39(33)41)12-7-13-36-43(25-23-38(46)47)34-21-19-30-9-4-6-11-32(30)40(34)48-36/h3-21H,22-26H2,1-2H3,(H-,44,45,46,47)/p+1. The van der Waals surface area contributed by atoms with Crippen molar-refractivity contribution in [1.82, 2.24) is 0 Å². The first-order chi connectivity index (χ1) is 23.2. The Morgan fingerprint density at radius 1 is 0.833 bits per heavy atom. The van der Waals surface area contributed by atoms with Gasteiger partial charge in [-0.25, -0.2) is 0 Å². The highest BCUT2D eigenvalue weighted by Crippen LogP contribution is 2.52. The van der Waals surface area contributed by atoms with Gasteiger partial charge < -0.3 is 19.5 Å². The molecular formula is C41H37N2O5+. The Labute approximate surface area is 278 Å². The van der Waals surface area contributed by atoms with Crippen molar-refractivity contribution in [3.8, 4) is 0 Å². The molecule has 7 nitrogen and oxygen atoms in total. The second-order valence-electron chi connectivity index (χ2n) is 12.8. The van der Waals surface area contributed by atoms with Gasteiger partial charge in [0, 0.05) is 34.8 Å². The lowest BCUT2D eigenvalue weighted by Crippen LogP contribution is -2.36. The Morgan fingerprint density at radius 2 is 1.50 bits per heavy atom. The van der Waals surface area contributed by atoms with Gasteiger partial charge in [-0.15, -0.1) is 0 Å². The van der Waals surface area contributed by atoms with Gasteiger partial charge in [0.15, 0.2) is 6.54 Å². The molecule has 7 heteroatoms. The fraction of sp³-hybridized carbons (Fsp3) is 0.195. The lowest BCUT2D eigenvalue weighted by atomic mass is 9.74. The summed E-state index contributed by atoms with van der Waals surface area (Å²) in [5, 5.41) is 23.5. The van der Waals surface area contributed by atoms with E-state index in [9.17, 15) is 19.8 Å². The molecule has 1 aliphatic rings. The number of aliphatic carboxylic acids is 2. The molecule has 2 N–H and O–H groups in total. The number of allylic oxidation sites excluding steroid dienone is 3. The summed E-state index contributed by atoms with van der Waals surface area (Å²) in [7, 11) is 0. The summed E-state index contributed by atoms with van der Waals surface area (Å²) in [5.41, 5.74) is 6.61. The fourth-order valence-corrected chi connectivity index (χ4v) is 7.25. The smallest absolute Gasteiger partial charge is 0.374 e. The zero-order chi connectivity index (χ0) is 33.4. The number of aryl methyl sites for hydroxylation is 2. The molecule has 0 saturated carbocycles. The van der Waals surface area contributed by atoms with Gasteiger partial charge in [0.05, 0.1) is 12.5 Å². The second kappa shape index (κ2) is 12.5. The number of hydrogen-bond acceptors (Lipinski definition) is 4. The van der Waals surface area contributed by atoms with E-state index in [1.807, 2.05) is 59.2 Å². The maximum atomic E-state index is 11.9. The lowest BCUT2D eigenvalue weighted by Gasteiger charge is -2.31. The predicted molar refractivity (Wildman–Crippen MR) is 189 cm³/mol. The lowest BCUT2D eigenvalue weighted by molar-refractivity contribution is -0.676. The van der Waals surface area contributed by atoms with Crippen LogP contribution >= 0.6 is 0 Å². The van der Waals surface area contributed by atoms with Crippen molar-refractivity contribution < 1.29 is 28.8 Å². The number of fused-ring (bicyclic) bond motifs is 6. The van der Waals surface area contributed by atoms with E-state index in [1.165, 1.54) is 16.7 Å². The van der Waals surface area contributed by atoms with Gasteiger partial charge in [0.2, 0.25) is 5.58 Å². The highest BCUT2D eigenvalue weighted by molar-refractivity contribution is 6.02. The minimum absolute atomic E-state index is 0.0141. The Bertz CT molecular complexity index is 2260. The average molecular weight is 638 g/mol. The Morgan fingerprint density at radius 3 is 2.23 bits per heavy atom. The summed E-state index contributed by atoms with van der Waals surface area (Å²) in [6.07, 6.45) is 6.55. The summed E-state index contributed by atoms with van der Waals surface area (Å²) in [4.78, 5) is 25.6.